The summed E-state index contributed by atoms with van der Waals surface area (Å²) < 4.78 is 0. The van der Waals surface area contributed by atoms with Crippen LogP contribution in [0.15, 0.2) is 23.3 Å². The van der Waals surface area contributed by atoms with Gasteiger partial charge < -0.3 is 0 Å². The molecule has 0 N–H and O–H groups in total. The summed E-state index contributed by atoms with van der Waals surface area (Å²) in [5.74, 6) is 19.0. The number of allylic oxidation sites excluding steroid dienone is 4. The molecule has 0 aromatic rings. The van der Waals surface area contributed by atoms with E-state index >= 15 is 0 Å². The average Bonchev–Trinajstić information content (AvgIpc) is 3.97. The molecule has 12 unspecified atom stereocenters. The van der Waals surface area contributed by atoms with Crippen LogP contribution in [0.3, 0.4) is 0 Å². The monoisotopic (exact) mass is 1240 g/mol. The molecule has 89 heavy (non-hydrogen) atoms. The first-order valence-electron chi connectivity index (χ1n) is 42.3. The van der Waals surface area contributed by atoms with Crippen LogP contribution in [0.25, 0.3) is 0 Å². The number of hydrogen-bond acceptors (Lipinski definition) is 0. The molecule has 0 heterocycles. The van der Waals surface area contributed by atoms with E-state index in [9.17, 15) is 0 Å². The van der Waals surface area contributed by atoms with Gasteiger partial charge in [0.25, 0.3) is 0 Å². The molecule has 0 spiro atoms. The zero-order chi connectivity index (χ0) is 66.2. The van der Waals surface area contributed by atoms with Crippen LogP contribution in [0.1, 0.15) is 440 Å². The molecule has 0 aromatic carbocycles. The molecular weight excluding hydrogens is 1070 g/mol. The fourth-order valence-corrected chi connectivity index (χ4v) is 17.7. The normalized spacial score (nSPS) is 34.3. The minimum absolute atomic E-state index is 0.943. The lowest BCUT2D eigenvalue weighted by atomic mass is 9.77. The van der Waals surface area contributed by atoms with Crippen molar-refractivity contribution in [1.29, 1.82) is 0 Å². The van der Waals surface area contributed by atoms with Gasteiger partial charge in [-0.2, -0.15) is 0 Å². The second kappa shape index (κ2) is 55.6. The van der Waals surface area contributed by atoms with Gasteiger partial charge in [-0.15, -0.1) is 0 Å². The predicted octanol–water partition coefficient (Wildman–Crippen LogP) is 31.7. The molecule has 530 valence electrons. The Bertz CT molecular complexity index is 1520. The third-order valence-electron chi connectivity index (χ3n) is 26.1. The highest BCUT2D eigenvalue weighted by atomic mass is 14.4. The molecule has 8 fully saturated rings. The van der Waals surface area contributed by atoms with Crippen LogP contribution in [-0.4, -0.2) is 0 Å². The van der Waals surface area contributed by atoms with E-state index < -0.39 is 0 Å². The van der Waals surface area contributed by atoms with E-state index in [0.717, 1.165) is 107 Å². The minimum atomic E-state index is 0.943. The SMILES string of the molecule is CC1=CCC(C)CC1.CCC1=CCC(C)CC1.CCC1CC1CC.CCC1CCC(C)C1.CCC1CCC(C)CC1.CCC1CCC(CC)C1.CCC1CCC(CC)CC1.CCC1CCCC1CC.CCC1CCCCC1CC.CCCC1CCC(C)CC1. The Kier molecular flexibility index (Phi) is 54.0. The van der Waals surface area contributed by atoms with E-state index in [4.69, 9.17) is 0 Å². The molecule has 10 rings (SSSR count). The smallest absolute Gasteiger partial charge is 0.0318 e. The summed E-state index contributed by atoms with van der Waals surface area (Å²) in [6, 6.07) is 0. The molecule has 0 aliphatic heterocycles. The molecule has 10 aliphatic carbocycles. The first-order chi connectivity index (χ1) is 43.0. The summed E-state index contributed by atoms with van der Waals surface area (Å²) in [5.41, 5.74) is 3.26. The quantitative estimate of drug-likeness (QED) is 0.143. The highest BCUT2D eigenvalue weighted by molar-refractivity contribution is 5.05. The maximum Gasteiger partial charge on any atom is -0.0318 e. The van der Waals surface area contributed by atoms with Gasteiger partial charge >= 0.3 is 0 Å². The largest absolute Gasteiger partial charge is 0.0853 e. The highest BCUT2D eigenvalue weighted by Gasteiger charge is 2.33. The van der Waals surface area contributed by atoms with Crippen molar-refractivity contribution < 1.29 is 0 Å². The lowest BCUT2D eigenvalue weighted by molar-refractivity contribution is 0.224. The Balaban J connectivity index is 0.000000495. The van der Waals surface area contributed by atoms with Gasteiger partial charge in [0.1, 0.15) is 0 Å². The van der Waals surface area contributed by atoms with Gasteiger partial charge in [-0.25, -0.2) is 0 Å². The van der Waals surface area contributed by atoms with Gasteiger partial charge in [-0.05, 0) is 178 Å². The fourth-order valence-electron chi connectivity index (χ4n) is 17.7. The Hall–Kier alpha value is -0.520. The highest BCUT2D eigenvalue weighted by Crippen LogP contribution is 2.43. The molecule has 12 atom stereocenters. The molecule has 0 saturated heterocycles. The van der Waals surface area contributed by atoms with Crippen molar-refractivity contribution in [2.24, 2.45) is 107 Å². The number of rotatable bonds is 15. The number of hydrogen-bond donors (Lipinski definition) is 0. The van der Waals surface area contributed by atoms with Crippen LogP contribution in [0, 0.1) is 107 Å². The summed E-state index contributed by atoms with van der Waals surface area (Å²) in [6.07, 6.45) is 73.1. The van der Waals surface area contributed by atoms with Crippen molar-refractivity contribution in [1.82, 2.24) is 0 Å². The molecule has 0 nitrogen and oxygen atoms in total. The standard InChI is InChI=1S/3C10H20.C9H18.C9H16.2C9H18.C8H14.C8H16.C7H14/c1-3-4-10-7-5-9(2)6-8-10;1-3-9-5-7-10(4-2)8-6-9;1-3-9-7-5-6-8-10(9)4-2;2*1-3-9-6-4-8(2)5-7-9;1-3-8-5-6-9(4-2)7-8;1-3-8-6-5-7-9(8)4-2;1-7-3-5-8(2)6-4-7;1-3-8-5-4-7(2)6-8;1-3-6-5-7(6)4-2/h3*9-10H,3-8H2,1-2H3;8-9H,3-7H2,1-2H3;6,8H,3-5,7H2,1-2H3;2*8-9H,3-7H2,1-2H3;3,8H,4-6H2,1-2H3;7-8H,3-6H2,1-2H3;6-7H,3-5H2,1-2H3. The van der Waals surface area contributed by atoms with E-state index in [0.29, 0.717) is 0 Å². The summed E-state index contributed by atoms with van der Waals surface area (Å²) in [7, 11) is 0. The molecule has 0 amide bonds. The van der Waals surface area contributed by atoms with Gasteiger partial charge in [0.2, 0.25) is 0 Å². The third-order valence-corrected chi connectivity index (χ3v) is 26.1. The molecule has 0 radical (unpaired) electrons. The van der Waals surface area contributed by atoms with Crippen molar-refractivity contribution in [3.8, 4) is 0 Å². The van der Waals surface area contributed by atoms with Crippen LogP contribution < -0.4 is 0 Å². The van der Waals surface area contributed by atoms with Gasteiger partial charge in [-0.3, -0.25) is 0 Å². The van der Waals surface area contributed by atoms with Crippen molar-refractivity contribution in [2.75, 3.05) is 0 Å². The van der Waals surface area contributed by atoms with Gasteiger partial charge in [0.15, 0.2) is 0 Å². The maximum absolute atomic E-state index is 2.42. The lowest BCUT2D eigenvalue weighted by Crippen LogP contribution is -2.17. The summed E-state index contributed by atoms with van der Waals surface area (Å²) >= 11 is 0. The zero-order valence-electron chi connectivity index (χ0n) is 65.8. The van der Waals surface area contributed by atoms with Crippen molar-refractivity contribution >= 4 is 0 Å². The van der Waals surface area contributed by atoms with Crippen LogP contribution in [-0.2, 0) is 0 Å². The van der Waals surface area contributed by atoms with E-state index in [1.807, 2.05) is 0 Å². The lowest BCUT2D eigenvalue weighted by Gasteiger charge is -2.29. The van der Waals surface area contributed by atoms with Crippen LogP contribution in [0.4, 0.5) is 0 Å². The Labute approximate surface area is 566 Å². The molecule has 0 aromatic heterocycles. The molecule has 0 heteroatoms. The van der Waals surface area contributed by atoms with E-state index in [1.54, 1.807) is 11.1 Å². The van der Waals surface area contributed by atoms with Crippen LogP contribution >= 0.6 is 0 Å². The fraction of sp³-hybridized carbons (Fsp3) is 0.955. The van der Waals surface area contributed by atoms with Crippen molar-refractivity contribution in [3.63, 3.8) is 0 Å². The molecule has 10 aliphatic rings. The average molecular weight is 1240 g/mol. The summed E-state index contributed by atoms with van der Waals surface area (Å²) in [6.45, 7) is 46.5. The van der Waals surface area contributed by atoms with Crippen molar-refractivity contribution in [2.45, 2.75) is 440 Å². The predicted molar refractivity (Wildman–Crippen MR) is 409 cm³/mol. The van der Waals surface area contributed by atoms with E-state index in [2.05, 4.69) is 151 Å². The maximum atomic E-state index is 2.42. The summed E-state index contributed by atoms with van der Waals surface area (Å²) in [5, 5.41) is 0. The summed E-state index contributed by atoms with van der Waals surface area (Å²) in [4.78, 5) is 0. The van der Waals surface area contributed by atoms with Crippen LogP contribution in [0.2, 0.25) is 0 Å². The first-order valence-corrected chi connectivity index (χ1v) is 42.3. The Morgan fingerprint density at radius 2 is 0.596 bits per heavy atom. The Morgan fingerprint density at radius 3 is 0.865 bits per heavy atom. The van der Waals surface area contributed by atoms with Gasteiger partial charge in [0.05, 0.1) is 0 Å². The Morgan fingerprint density at radius 1 is 0.270 bits per heavy atom. The van der Waals surface area contributed by atoms with Gasteiger partial charge in [0, 0.05) is 0 Å². The van der Waals surface area contributed by atoms with Crippen molar-refractivity contribution in [3.05, 3.63) is 23.3 Å². The molecular formula is C89H174. The molecule has 0 bridgehead atoms. The second-order valence-electron chi connectivity index (χ2n) is 33.2. The minimum Gasteiger partial charge on any atom is -0.0853 e. The van der Waals surface area contributed by atoms with E-state index in [1.165, 1.54) is 302 Å². The zero-order valence-corrected chi connectivity index (χ0v) is 65.8. The van der Waals surface area contributed by atoms with Crippen LogP contribution in [0.5, 0.6) is 0 Å². The van der Waals surface area contributed by atoms with Gasteiger partial charge in [-0.1, -0.05) is 392 Å². The third kappa shape index (κ3) is 41.9. The second-order valence-corrected chi connectivity index (χ2v) is 33.2. The molecule has 8 saturated carbocycles. The topological polar surface area (TPSA) is 0 Å². The first kappa shape index (κ1) is 86.5. The van der Waals surface area contributed by atoms with E-state index in [-0.39, 0.29) is 0 Å².